The molecule has 1 aromatic rings. The Balaban J connectivity index is 2.71. The summed E-state index contributed by atoms with van der Waals surface area (Å²) in [6.07, 6.45) is 0.358. The van der Waals surface area contributed by atoms with Crippen LogP contribution in [0.25, 0.3) is 0 Å². The average molecular weight is 211 g/mol. The first-order chi connectivity index (χ1) is 6.63. The van der Waals surface area contributed by atoms with Crippen molar-refractivity contribution in [3.05, 3.63) is 35.4 Å². The number of hydrogen-bond donors (Lipinski definition) is 3. The predicted molar refractivity (Wildman–Crippen MR) is 58.4 cm³/mol. The van der Waals surface area contributed by atoms with Gasteiger partial charge in [-0.05, 0) is 17.5 Å². The molecule has 3 N–H and O–H groups in total. The zero-order valence-electron chi connectivity index (χ0n) is 7.68. The van der Waals surface area contributed by atoms with Gasteiger partial charge < -0.3 is 10.8 Å². The quantitative estimate of drug-likeness (QED) is 0.653. The lowest BCUT2D eigenvalue weighted by atomic mass is 10.0. The van der Waals surface area contributed by atoms with Gasteiger partial charge in [0.25, 0.3) is 0 Å². The van der Waals surface area contributed by atoms with E-state index in [0.717, 1.165) is 11.1 Å². The summed E-state index contributed by atoms with van der Waals surface area (Å²) in [5, 5.41) is 8.63. The molecule has 3 nitrogen and oxygen atoms in total. The third-order valence-electron chi connectivity index (χ3n) is 1.95. The molecule has 4 heteroatoms. The Morgan fingerprint density at radius 1 is 1.50 bits per heavy atom. The van der Waals surface area contributed by atoms with Crippen LogP contribution < -0.4 is 5.73 Å². The summed E-state index contributed by atoms with van der Waals surface area (Å²) in [4.78, 5) is 10.5. The molecular formula is C10H13NO2S. The first kappa shape index (κ1) is 11.1. The molecule has 0 spiro atoms. The van der Waals surface area contributed by atoms with Gasteiger partial charge in [0.1, 0.15) is 6.04 Å². The van der Waals surface area contributed by atoms with Gasteiger partial charge in [-0.1, -0.05) is 24.3 Å². The summed E-state index contributed by atoms with van der Waals surface area (Å²) in [6.45, 7) is 0. The van der Waals surface area contributed by atoms with E-state index in [1.54, 1.807) is 0 Å². The maximum atomic E-state index is 10.5. The number of benzene rings is 1. The van der Waals surface area contributed by atoms with E-state index in [-0.39, 0.29) is 0 Å². The summed E-state index contributed by atoms with van der Waals surface area (Å²) in [5.41, 5.74) is 7.43. The monoisotopic (exact) mass is 211 g/mol. The van der Waals surface area contributed by atoms with Crippen molar-refractivity contribution in [2.75, 3.05) is 0 Å². The maximum Gasteiger partial charge on any atom is 0.320 e. The van der Waals surface area contributed by atoms with Crippen molar-refractivity contribution in [2.24, 2.45) is 5.73 Å². The average Bonchev–Trinajstić information content (AvgIpc) is 2.18. The Hall–Kier alpha value is -1.00. The topological polar surface area (TPSA) is 63.3 Å². The van der Waals surface area contributed by atoms with E-state index < -0.39 is 12.0 Å². The van der Waals surface area contributed by atoms with Crippen LogP contribution in [0.3, 0.4) is 0 Å². The minimum atomic E-state index is -0.971. The Morgan fingerprint density at radius 3 is 2.71 bits per heavy atom. The molecule has 0 aliphatic heterocycles. The van der Waals surface area contributed by atoms with Gasteiger partial charge in [0.05, 0.1) is 0 Å². The Labute approximate surface area is 88.3 Å². The molecule has 0 bridgehead atoms. The van der Waals surface area contributed by atoms with Crippen molar-refractivity contribution in [2.45, 2.75) is 18.2 Å². The Morgan fingerprint density at radius 2 is 2.14 bits per heavy atom. The SMILES string of the molecule is NC(Cc1cccc(CS)c1)C(=O)O. The summed E-state index contributed by atoms with van der Waals surface area (Å²) in [7, 11) is 0. The molecule has 0 amide bonds. The lowest BCUT2D eigenvalue weighted by Gasteiger charge is -2.07. The van der Waals surface area contributed by atoms with Crippen LogP contribution in [0.4, 0.5) is 0 Å². The second kappa shape index (κ2) is 5.02. The van der Waals surface area contributed by atoms with E-state index in [4.69, 9.17) is 10.8 Å². The van der Waals surface area contributed by atoms with Crippen molar-refractivity contribution in [3.8, 4) is 0 Å². The summed E-state index contributed by atoms with van der Waals surface area (Å²) in [6, 6.07) is 6.80. The molecule has 1 atom stereocenters. The highest BCUT2D eigenvalue weighted by Crippen LogP contribution is 2.09. The molecular weight excluding hydrogens is 198 g/mol. The first-order valence-electron chi connectivity index (χ1n) is 4.30. The standard InChI is InChI=1S/C10H13NO2S/c11-9(10(12)13)5-7-2-1-3-8(4-7)6-14/h1-4,9,14H,5-6,11H2,(H,12,13). The molecule has 14 heavy (non-hydrogen) atoms. The van der Waals surface area contributed by atoms with Gasteiger partial charge in [-0.2, -0.15) is 12.6 Å². The van der Waals surface area contributed by atoms with E-state index in [9.17, 15) is 4.79 Å². The molecule has 0 radical (unpaired) electrons. The van der Waals surface area contributed by atoms with E-state index in [2.05, 4.69) is 12.6 Å². The number of aliphatic carboxylic acids is 1. The van der Waals surface area contributed by atoms with Crippen molar-refractivity contribution < 1.29 is 9.90 Å². The Bertz CT molecular complexity index is 328. The minimum absolute atomic E-state index is 0.358. The lowest BCUT2D eigenvalue weighted by molar-refractivity contribution is -0.138. The second-order valence-electron chi connectivity index (χ2n) is 3.13. The second-order valence-corrected chi connectivity index (χ2v) is 3.44. The van der Waals surface area contributed by atoms with Crippen LogP contribution >= 0.6 is 12.6 Å². The molecule has 0 aliphatic carbocycles. The highest BCUT2D eigenvalue weighted by atomic mass is 32.1. The van der Waals surface area contributed by atoms with E-state index >= 15 is 0 Å². The predicted octanol–water partition coefficient (Wildman–Crippen LogP) is 1.07. The normalized spacial score (nSPS) is 12.4. The van der Waals surface area contributed by atoms with Crippen molar-refractivity contribution in [3.63, 3.8) is 0 Å². The first-order valence-corrected chi connectivity index (χ1v) is 4.94. The van der Waals surface area contributed by atoms with Crippen molar-refractivity contribution in [1.29, 1.82) is 0 Å². The largest absolute Gasteiger partial charge is 0.480 e. The van der Waals surface area contributed by atoms with E-state index in [1.807, 2.05) is 24.3 Å². The molecule has 1 aromatic carbocycles. The summed E-state index contributed by atoms with van der Waals surface area (Å²) < 4.78 is 0. The van der Waals surface area contributed by atoms with Gasteiger partial charge in [-0.15, -0.1) is 0 Å². The van der Waals surface area contributed by atoms with Crippen molar-refractivity contribution >= 4 is 18.6 Å². The number of nitrogens with two attached hydrogens (primary N) is 1. The molecule has 76 valence electrons. The van der Waals surface area contributed by atoms with Gasteiger partial charge >= 0.3 is 5.97 Å². The minimum Gasteiger partial charge on any atom is -0.480 e. The molecule has 1 unspecified atom stereocenters. The highest BCUT2D eigenvalue weighted by molar-refractivity contribution is 7.79. The molecule has 1 rings (SSSR count). The van der Waals surface area contributed by atoms with Crippen LogP contribution in [0.1, 0.15) is 11.1 Å². The molecule has 0 saturated heterocycles. The number of thiol groups is 1. The third kappa shape index (κ3) is 3.05. The Kier molecular flexibility index (Phi) is 3.98. The zero-order chi connectivity index (χ0) is 10.6. The molecule has 0 aliphatic rings. The fraction of sp³-hybridized carbons (Fsp3) is 0.300. The van der Waals surface area contributed by atoms with E-state index in [1.165, 1.54) is 0 Å². The van der Waals surface area contributed by atoms with Crippen LogP contribution in [0, 0.1) is 0 Å². The lowest BCUT2D eigenvalue weighted by Crippen LogP contribution is -2.32. The zero-order valence-corrected chi connectivity index (χ0v) is 8.58. The third-order valence-corrected chi connectivity index (χ3v) is 2.31. The number of rotatable bonds is 4. The van der Waals surface area contributed by atoms with E-state index in [0.29, 0.717) is 12.2 Å². The van der Waals surface area contributed by atoms with Crippen LogP contribution in [-0.2, 0) is 17.0 Å². The van der Waals surface area contributed by atoms with Gasteiger partial charge in [0.2, 0.25) is 0 Å². The fourth-order valence-corrected chi connectivity index (χ4v) is 1.39. The van der Waals surface area contributed by atoms with Crippen molar-refractivity contribution in [1.82, 2.24) is 0 Å². The summed E-state index contributed by atoms with van der Waals surface area (Å²) in [5.74, 6) is -0.322. The van der Waals surface area contributed by atoms with Gasteiger partial charge in [0, 0.05) is 5.75 Å². The van der Waals surface area contributed by atoms with Crippen LogP contribution in [0.5, 0.6) is 0 Å². The molecule has 0 fully saturated rings. The van der Waals surface area contributed by atoms with Crippen LogP contribution in [0.15, 0.2) is 24.3 Å². The van der Waals surface area contributed by atoms with Crippen LogP contribution in [0.2, 0.25) is 0 Å². The van der Waals surface area contributed by atoms with Gasteiger partial charge in [0.15, 0.2) is 0 Å². The number of hydrogen-bond acceptors (Lipinski definition) is 3. The fourth-order valence-electron chi connectivity index (χ4n) is 1.20. The summed E-state index contributed by atoms with van der Waals surface area (Å²) >= 11 is 4.14. The van der Waals surface area contributed by atoms with Gasteiger partial charge in [-0.3, -0.25) is 4.79 Å². The van der Waals surface area contributed by atoms with Gasteiger partial charge in [-0.25, -0.2) is 0 Å². The molecule has 0 saturated carbocycles. The maximum absolute atomic E-state index is 10.5. The number of carbonyl (C=O) groups is 1. The number of carboxylic acids is 1. The molecule has 0 aromatic heterocycles. The number of carboxylic acid groups (broad SMARTS) is 1. The molecule has 0 heterocycles. The van der Waals surface area contributed by atoms with Crippen LogP contribution in [-0.4, -0.2) is 17.1 Å². The smallest absolute Gasteiger partial charge is 0.320 e. The highest BCUT2D eigenvalue weighted by Gasteiger charge is 2.11.